The fraction of sp³-hybridized carbons (Fsp3) is 0.364. The van der Waals surface area contributed by atoms with E-state index in [2.05, 4.69) is 0 Å². The first-order chi connectivity index (χ1) is 7.07. The van der Waals surface area contributed by atoms with Crippen LogP contribution < -0.4 is 4.74 Å². The molecule has 0 amide bonds. The fourth-order valence-electron chi connectivity index (χ4n) is 1.41. The molecule has 4 heteroatoms. The van der Waals surface area contributed by atoms with E-state index in [0.29, 0.717) is 11.3 Å². The molecule has 0 aliphatic heterocycles. The van der Waals surface area contributed by atoms with E-state index in [1.807, 2.05) is 0 Å². The largest absolute Gasteiger partial charge is 0.496 e. The van der Waals surface area contributed by atoms with E-state index >= 15 is 0 Å². The lowest BCUT2D eigenvalue weighted by Gasteiger charge is -2.16. The maximum atomic E-state index is 13.3. The first kappa shape index (κ1) is 11.5. The van der Waals surface area contributed by atoms with Gasteiger partial charge in [0.1, 0.15) is 5.75 Å². The highest BCUT2D eigenvalue weighted by atomic mass is 19.1. The highest BCUT2D eigenvalue weighted by Gasteiger charge is 2.27. The average molecular weight is 212 g/mol. The van der Waals surface area contributed by atoms with Gasteiger partial charge in [-0.05, 0) is 6.07 Å². The van der Waals surface area contributed by atoms with Crippen molar-refractivity contribution >= 4 is 5.97 Å². The van der Waals surface area contributed by atoms with Gasteiger partial charge in [-0.15, -0.1) is 0 Å². The minimum absolute atomic E-state index is 0.508. The maximum absolute atomic E-state index is 13.3. The van der Waals surface area contributed by atoms with Crippen LogP contribution in [0.15, 0.2) is 24.3 Å². The zero-order valence-electron chi connectivity index (χ0n) is 8.61. The predicted octanol–water partition coefficient (Wildman–Crippen LogP) is 2.22. The number of aliphatic carboxylic acids is 1. The highest BCUT2D eigenvalue weighted by molar-refractivity contribution is 5.73. The molecule has 2 unspecified atom stereocenters. The minimum Gasteiger partial charge on any atom is -0.496 e. The Morgan fingerprint density at radius 3 is 2.60 bits per heavy atom. The summed E-state index contributed by atoms with van der Waals surface area (Å²) >= 11 is 0. The molecular weight excluding hydrogens is 199 g/mol. The summed E-state index contributed by atoms with van der Waals surface area (Å²) in [5.74, 6) is -1.67. The van der Waals surface area contributed by atoms with Crippen LogP contribution in [0.3, 0.4) is 0 Å². The summed E-state index contributed by atoms with van der Waals surface area (Å²) in [5.41, 5.74) is 0.565. The molecule has 0 aliphatic rings. The molecule has 3 nitrogen and oxygen atoms in total. The summed E-state index contributed by atoms with van der Waals surface area (Å²) in [4.78, 5) is 10.5. The number of rotatable bonds is 4. The second-order valence-corrected chi connectivity index (χ2v) is 3.27. The van der Waals surface area contributed by atoms with Crippen LogP contribution in [0.25, 0.3) is 0 Å². The van der Waals surface area contributed by atoms with Crippen LogP contribution in [-0.2, 0) is 4.79 Å². The van der Waals surface area contributed by atoms with Crippen LogP contribution in [-0.4, -0.2) is 24.4 Å². The fourth-order valence-corrected chi connectivity index (χ4v) is 1.41. The van der Waals surface area contributed by atoms with Gasteiger partial charge in [0.15, 0.2) is 0 Å². The van der Waals surface area contributed by atoms with Gasteiger partial charge in [-0.1, -0.05) is 25.1 Å². The van der Waals surface area contributed by atoms with Crippen LogP contribution in [0.5, 0.6) is 5.75 Å². The predicted molar refractivity (Wildman–Crippen MR) is 53.9 cm³/mol. The first-order valence-electron chi connectivity index (χ1n) is 4.57. The van der Waals surface area contributed by atoms with Crippen molar-refractivity contribution < 1.29 is 19.0 Å². The number of carbonyl (C=O) groups is 1. The smallest absolute Gasteiger partial charge is 0.338 e. The number of halogens is 1. The Morgan fingerprint density at radius 2 is 2.07 bits per heavy atom. The molecule has 2 atom stereocenters. The number of carboxylic acid groups (broad SMARTS) is 1. The Balaban J connectivity index is 2.99. The zero-order chi connectivity index (χ0) is 11.4. The molecule has 1 aromatic carbocycles. The van der Waals surface area contributed by atoms with Crippen LogP contribution in [0.2, 0.25) is 0 Å². The van der Waals surface area contributed by atoms with Crippen molar-refractivity contribution in [3.05, 3.63) is 29.8 Å². The standard InChI is InChI=1S/C11H13FO3/c1-7(10(12)11(13)14)8-5-3-4-6-9(8)15-2/h3-7,10H,1-2H3,(H,13,14). The van der Waals surface area contributed by atoms with Crippen LogP contribution in [0.1, 0.15) is 18.4 Å². The summed E-state index contributed by atoms with van der Waals surface area (Å²) in [6.07, 6.45) is -1.92. The Morgan fingerprint density at radius 1 is 1.47 bits per heavy atom. The van der Waals surface area contributed by atoms with Crippen molar-refractivity contribution in [2.75, 3.05) is 7.11 Å². The molecule has 0 bridgehead atoms. The van der Waals surface area contributed by atoms with Gasteiger partial charge in [0, 0.05) is 11.5 Å². The van der Waals surface area contributed by atoms with Crippen molar-refractivity contribution in [3.63, 3.8) is 0 Å². The van der Waals surface area contributed by atoms with E-state index in [9.17, 15) is 9.18 Å². The number of ether oxygens (including phenoxy) is 1. The number of hydrogen-bond donors (Lipinski definition) is 1. The topological polar surface area (TPSA) is 46.5 Å². The third-order valence-corrected chi connectivity index (χ3v) is 2.30. The first-order valence-corrected chi connectivity index (χ1v) is 4.57. The number of alkyl halides is 1. The van der Waals surface area contributed by atoms with Crippen LogP contribution in [0.4, 0.5) is 4.39 Å². The molecule has 0 saturated heterocycles. The van der Waals surface area contributed by atoms with Gasteiger partial charge >= 0.3 is 5.97 Å². The van der Waals surface area contributed by atoms with Gasteiger partial charge in [0.2, 0.25) is 6.17 Å². The summed E-state index contributed by atoms with van der Waals surface area (Å²) in [6, 6.07) is 6.82. The van der Waals surface area contributed by atoms with Crippen LogP contribution in [0, 0.1) is 0 Å². The molecule has 15 heavy (non-hydrogen) atoms. The summed E-state index contributed by atoms with van der Waals surface area (Å²) in [7, 11) is 1.47. The Hall–Kier alpha value is -1.58. The highest BCUT2D eigenvalue weighted by Crippen LogP contribution is 2.29. The average Bonchev–Trinajstić information content (AvgIpc) is 2.26. The molecule has 0 fully saturated rings. The lowest BCUT2D eigenvalue weighted by Crippen LogP contribution is -2.21. The van der Waals surface area contributed by atoms with Crippen LogP contribution >= 0.6 is 0 Å². The summed E-state index contributed by atoms with van der Waals surface area (Å²) in [6.45, 7) is 1.52. The van der Waals surface area contributed by atoms with Crippen molar-refractivity contribution in [1.82, 2.24) is 0 Å². The Labute approximate surface area is 87.5 Å². The SMILES string of the molecule is COc1ccccc1C(C)C(F)C(=O)O. The van der Waals surface area contributed by atoms with Crippen molar-refractivity contribution in [1.29, 1.82) is 0 Å². The molecule has 1 N–H and O–H groups in total. The second-order valence-electron chi connectivity index (χ2n) is 3.27. The van der Waals surface area contributed by atoms with Gasteiger partial charge in [0.25, 0.3) is 0 Å². The third-order valence-electron chi connectivity index (χ3n) is 2.30. The molecule has 0 spiro atoms. The number of hydrogen-bond acceptors (Lipinski definition) is 2. The van der Waals surface area contributed by atoms with E-state index in [1.54, 1.807) is 24.3 Å². The number of para-hydroxylation sites is 1. The molecule has 0 aromatic heterocycles. The third kappa shape index (κ3) is 2.46. The van der Waals surface area contributed by atoms with E-state index in [-0.39, 0.29) is 0 Å². The lowest BCUT2D eigenvalue weighted by atomic mass is 9.95. The second kappa shape index (κ2) is 4.77. The molecule has 0 heterocycles. The van der Waals surface area contributed by atoms with Gasteiger partial charge in [0.05, 0.1) is 7.11 Å². The maximum Gasteiger partial charge on any atom is 0.338 e. The molecular formula is C11H13FO3. The summed E-state index contributed by atoms with van der Waals surface area (Å²) in [5, 5.41) is 8.56. The van der Waals surface area contributed by atoms with Gasteiger partial charge in [-0.2, -0.15) is 0 Å². The van der Waals surface area contributed by atoms with E-state index in [1.165, 1.54) is 14.0 Å². The van der Waals surface area contributed by atoms with Gasteiger partial charge in [-0.25, -0.2) is 9.18 Å². The quantitative estimate of drug-likeness (QED) is 0.832. The molecule has 1 aromatic rings. The normalized spacial score (nSPS) is 14.3. The Kier molecular flexibility index (Phi) is 3.66. The van der Waals surface area contributed by atoms with Gasteiger partial charge in [-0.3, -0.25) is 0 Å². The summed E-state index contributed by atoms with van der Waals surface area (Å²) < 4.78 is 18.3. The monoisotopic (exact) mass is 212 g/mol. The van der Waals surface area contributed by atoms with Gasteiger partial charge < -0.3 is 9.84 Å². The molecule has 82 valence electrons. The number of methoxy groups -OCH3 is 1. The molecule has 0 radical (unpaired) electrons. The number of benzene rings is 1. The zero-order valence-corrected chi connectivity index (χ0v) is 8.61. The van der Waals surface area contributed by atoms with Crippen molar-refractivity contribution in [2.45, 2.75) is 19.0 Å². The lowest BCUT2D eigenvalue weighted by molar-refractivity contribution is -0.143. The molecule has 0 saturated carbocycles. The Bertz CT molecular complexity index is 351. The van der Waals surface area contributed by atoms with Crippen molar-refractivity contribution in [2.24, 2.45) is 0 Å². The minimum atomic E-state index is -1.92. The van der Waals surface area contributed by atoms with E-state index in [0.717, 1.165) is 0 Å². The number of carboxylic acids is 1. The molecule has 1 rings (SSSR count). The van der Waals surface area contributed by atoms with Crippen molar-refractivity contribution in [3.8, 4) is 5.75 Å². The van der Waals surface area contributed by atoms with E-state index in [4.69, 9.17) is 9.84 Å². The van der Waals surface area contributed by atoms with E-state index < -0.39 is 18.1 Å². The molecule has 0 aliphatic carbocycles.